The molecule has 2 aliphatic heterocycles. The Bertz CT molecular complexity index is 758. The number of amides is 1. The summed E-state index contributed by atoms with van der Waals surface area (Å²) in [6.45, 7) is 2.08. The molecule has 4 rings (SSSR count). The first-order valence-electron chi connectivity index (χ1n) is 6.97. The zero-order chi connectivity index (χ0) is 14.4. The maximum atomic E-state index is 12.8. The van der Waals surface area contributed by atoms with Crippen molar-refractivity contribution in [1.82, 2.24) is 14.8 Å². The zero-order valence-electron chi connectivity index (χ0n) is 11.4. The number of hydrogen-bond acceptors (Lipinski definition) is 3. The summed E-state index contributed by atoms with van der Waals surface area (Å²) in [6, 6.07) is 13.8. The van der Waals surface area contributed by atoms with E-state index in [2.05, 4.69) is 11.4 Å². The maximum Gasteiger partial charge on any atom is 0.272 e. The van der Waals surface area contributed by atoms with Gasteiger partial charge in [-0.2, -0.15) is 5.26 Å². The van der Waals surface area contributed by atoms with Gasteiger partial charge in [-0.1, -0.05) is 30.3 Å². The number of nitrogens with zero attached hydrogens (tertiary/aromatic N) is 3. The highest BCUT2D eigenvalue weighted by Gasteiger charge is 2.49. The third-order valence-electron chi connectivity index (χ3n) is 4.35. The van der Waals surface area contributed by atoms with Gasteiger partial charge in [0.2, 0.25) is 0 Å². The van der Waals surface area contributed by atoms with Crippen molar-refractivity contribution in [3.05, 3.63) is 59.4 Å². The Kier molecular flexibility index (Phi) is 2.44. The van der Waals surface area contributed by atoms with Crippen LogP contribution in [0.5, 0.6) is 0 Å². The van der Waals surface area contributed by atoms with Gasteiger partial charge in [-0.15, -0.1) is 0 Å². The van der Waals surface area contributed by atoms with Gasteiger partial charge in [-0.3, -0.25) is 10.1 Å². The van der Waals surface area contributed by atoms with E-state index >= 15 is 0 Å². The van der Waals surface area contributed by atoms with Gasteiger partial charge in [0.25, 0.3) is 5.91 Å². The minimum absolute atomic E-state index is 0.0170. The monoisotopic (exact) mass is 278 g/mol. The van der Waals surface area contributed by atoms with E-state index in [-0.39, 0.29) is 5.91 Å². The molecule has 5 heteroatoms. The molecule has 2 aromatic rings. The number of carbonyl (C=O) groups is 1. The molecule has 2 aliphatic rings. The van der Waals surface area contributed by atoms with Crippen molar-refractivity contribution in [3.8, 4) is 6.07 Å². The summed E-state index contributed by atoms with van der Waals surface area (Å²) in [5, 5.41) is 12.5. The number of fused-ring (bicyclic) bond motifs is 2. The van der Waals surface area contributed by atoms with E-state index < -0.39 is 5.66 Å². The van der Waals surface area contributed by atoms with Gasteiger partial charge in [-0.25, -0.2) is 0 Å². The van der Waals surface area contributed by atoms with E-state index in [1.807, 2.05) is 39.8 Å². The predicted molar refractivity (Wildman–Crippen MR) is 76.3 cm³/mol. The summed E-state index contributed by atoms with van der Waals surface area (Å²) in [5.74, 6) is -0.0170. The minimum atomic E-state index is -0.503. The number of rotatable bonds is 1. The molecule has 0 aliphatic carbocycles. The molecule has 1 amide bonds. The Morgan fingerprint density at radius 1 is 1.29 bits per heavy atom. The highest BCUT2D eigenvalue weighted by atomic mass is 16.2. The summed E-state index contributed by atoms with van der Waals surface area (Å²) in [5.41, 5.74) is 1.70. The van der Waals surface area contributed by atoms with Crippen molar-refractivity contribution < 1.29 is 4.79 Å². The summed E-state index contributed by atoms with van der Waals surface area (Å²) in [7, 11) is 0. The molecule has 1 atom stereocenters. The number of carbonyl (C=O) groups excluding carboxylic acids is 1. The van der Waals surface area contributed by atoms with Gasteiger partial charge >= 0.3 is 0 Å². The largest absolute Gasteiger partial charge is 0.338 e. The van der Waals surface area contributed by atoms with Crippen molar-refractivity contribution in [3.63, 3.8) is 0 Å². The summed E-state index contributed by atoms with van der Waals surface area (Å²) in [4.78, 5) is 14.6. The number of nitriles is 1. The second-order valence-electron chi connectivity index (χ2n) is 5.46. The molecule has 1 aromatic carbocycles. The quantitative estimate of drug-likeness (QED) is 0.854. The molecule has 0 saturated carbocycles. The van der Waals surface area contributed by atoms with Crippen LogP contribution >= 0.6 is 0 Å². The predicted octanol–water partition coefficient (Wildman–Crippen LogP) is 1.27. The average Bonchev–Trinajstić information content (AvgIpc) is 3.13. The van der Waals surface area contributed by atoms with Crippen LogP contribution in [0.3, 0.4) is 0 Å². The molecule has 0 bridgehead atoms. The number of nitrogens with one attached hydrogen (secondary N) is 1. The molecule has 1 aromatic heterocycles. The Balaban J connectivity index is 1.89. The van der Waals surface area contributed by atoms with E-state index in [1.165, 1.54) is 0 Å². The number of aromatic nitrogens is 1. The SMILES string of the molecule is N#Cc1cc2n(c1)CC1(c3ccccc3)NCCN1C2=O. The van der Waals surface area contributed by atoms with E-state index in [0.29, 0.717) is 24.3 Å². The topological polar surface area (TPSA) is 61.1 Å². The van der Waals surface area contributed by atoms with Crippen LogP contribution in [-0.4, -0.2) is 28.5 Å². The molecule has 3 heterocycles. The minimum Gasteiger partial charge on any atom is -0.338 e. The van der Waals surface area contributed by atoms with Crippen molar-refractivity contribution in [2.24, 2.45) is 0 Å². The van der Waals surface area contributed by atoms with Crippen LogP contribution in [0.1, 0.15) is 21.6 Å². The van der Waals surface area contributed by atoms with Crippen molar-refractivity contribution >= 4 is 5.91 Å². The van der Waals surface area contributed by atoms with E-state index in [0.717, 1.165) is 12.1 Å². The molecule has 104 valence electrons. The smallest absolute Gasteiger partial charge is 0.272 e. The van der Waals surface area contributed by atoms with Crippen molar-refractivity contribution in [2.75, 3.05) is 13.1 Å². The first-order valence-corrected chi connectivity index (χ1v) is 6.97. The summed E-state index contributed by atoms with van der Waals surface area (Å²) >= 11 is 0. The lowest BCUT2D eigenvalue weighted by atomic mass is 9.96. The molecular weight excluding hydrogens is 264 g/mol. The van der Waals surface area contributed by atoms with Crippen LogP contribution in [0.15, 0.2) is 42.6 Å². The molecule has 0 radical (unpaired) electrons. The van der Waals surface area contributed by atoms with Crippen molar-refractivity contribution in [2.45, 2.75) is 12.2 Å². The number of hydrogen-bond donors (Lipinski definition) is 1. The third-order valence-corrected chi connectivity index (χ3v) is 4.35. The van der Waals surface area contributed by atoms with Crippen LogP contribution in [0, 0.1) is 11.3 Å². The van der Waals surface area contributed by atoms with Crippen LogP contribution in [-0.2, 0) is 12.2 Å². The van der Waals surface area contributed by atoms with Crippen LogP contribution in [0.2, 0.25) is 0 Å². The Morgan fingerprint density at radius 3 is 2.86 bits per heavy atom. The Morgan fingerprint density at radius 2 is 2.10 bits per heavy atom. The van der Waals surface area contributed by atoms with Gasteiger partial charge in [0.1, 0.15) is 17.4 Å². The fraction of sp³-hybridized carbons (Fsp3) is 0.250. The molecule has 21 heavy (non-hydrogen) atoms. The van der Waals surface area contributed by atoms with E-state index in [1.54, 1.807) is 12.3 Å². The van der Waals surface area contributed by atoms with Gasteiger partial charge in [0.05, 0.1) is 12.1 Å². The summed E-state index contributed by atoms with van der Waals surface area (Å²) < 4.78 is 1.89. The second-order valence-corrected chi connectivity index (χ2v) is 5.46. The van der Waals surface area contributed by atoms with Gasteiger partial charge in [0, 0.05) is 19.3 Å². The zero-order valence-corrected chi connectivity index (χ0v) is 11.4. The van der Waals surface area contributed by atoms with Gasteiger partial charge < -0.3 is 9.47 Å². The van der Waals surface area contributed by atoms with Crippen LogP contribution in [0.25, 0.3) is 0 Å². The fourth-order valence-electron chi connectivity index (χ4n) is 3.41. The van der Waals surface area contributed by atoms with Crippen LogP contribution < -0.4 is 5.32 Å². The van der Waals surface area contributed by atoms with Crippen molar-refractivity contribution in [1.29, 1.82) is 5.26 Å². The normalized spacial score (nSPS) is 23.6. The first kappa shape index (κ1) is 12.2. The maximum absolute atomic E-state index is 12.8. The third kappa shape index (κ3) is 1.57. The molecule has 0 spiro atoms. The molecule has 1 saturated heterocycles. The molecule has 1 unspecified atom stereocenters. The highest BCUT2D eigenvalue weighted by Crippen LogP contribution is 2.36. The molecule has 1 N–H and O–H groups in total. The fourth-order valence-corrected chi connectivity index (χ4v) is 3.41. The van der Waals surface area contributed by atoms with Gasteiger partial charge in [0.15, 0.2) is 0 Å². The molecule has 1 fully saturated rings. The van der Waals surface area contributed by atoms with Gasteiger partial charge in [-0.05, 0) is 11.6 Å². The number of benzene rings is 1. The lowest BCUT2D eigenvalue weighted by molar-refractivity contribution is 0.0398. The second kappa shape index (κ2) is 4.21. The molecular formula is C16H14N4O. The Labute approximate surface area is 122 Å². The van der Waals surface area contributed by atoms with E-state index in [9.17, 15) is 4.79 Å². The first-order chi connectivity index (χ1) is 10.2. The van der Waals surface area contributed by atoms with Crippen LogP contribution in [0.4, 0.5) is 0 Å². The lowest BCUT2D eigenvalue weighted by Crippen LogP contribution is -2.57. The Hall–Kier alpha value is -2.58. The standard InChI is InChI=1S/C16H14N4O/c17-9-12-8-14-15(21)20-7-6-18-16(20,11-19(14)10-12)13-4-2-1-3-5-13/h1-5,8,10,18H,6-7,11H2. The lowest BCUT2D eigenvalue weighted by Gasteiger charge is -2.42. The highest BCUT2D eigenvalue weighted by molar-refractivity contribution is 5.95. The van der Waals surface area contributed by atoms with E-state index in [4.69, 9.17) is 5.26 Å². The average molecular weight is 278 g/mol. The summed E-state index contributed by atoms with van der Waals surface area (Å²) in [6.07, 6.45) is 1.76. The molecule has 5 nitrogen and oxygen atoms in total.